The molecule has 2 rings (SSSR count). The highest BCUT2D eigenvalue weighted by molar-refractivity contribution is 5.76. The summed E-state index contributed by atoms with van der Waals surface area (Å²) in [5, 5.41) is 22.3. The second kappa shape index (κ2) is 8.27. The predicted molar refractivity (Wildman–Crippen MR) is 85.4 cm³/mol. The van der Waals surface area contributed by atoms with Crippen LogP contribution < -0.4 is 5.32 Å². The van der Waals surface area contributed by atoms with Gasteiger partial charge in [0.05, 0.1) is 18.8 Å². The average molecular weight is 306 g/mol. The van der Waals surface area contributed by atoms with Crippen LogP contribution in [0.2, 0.25) is 0 Å². The van der Waals surface area contributed by atoms with Gasteiger partial charge in [-0.3, -0.25) is 9.69 Å². The first-order chi connectivity index (χ1) is 10.7. The van der Waals surface area contributed by atoms with Crippen molar-refractivity contribution in [2.45, 2.75) is 43.9 Å². The van der Waals surface area contributed by atoms with E-state index in [-0.39, 0.29) is 24.6 Å². The number of benzene rings is 1. The van der Waals surface area contributed by atoms with Crippen LogP contribution in [0, 0.1) is 0 Å². The van der Waals surface area contributed by atoms with Crippen LogP contribution in [0.3, 0.4) is 0 Å². The van der Waals surface area contributed by atoms with Crippen molar-refractivity contribution in [3.63, 3.8) is 0 Å². The molecule has 5 heteroatoms. The third-order valence-corrected chi connectivity index (χ3v) is 4.46. The molecule has 1 unspecified atom stereocenters. The van der Waals surface area contributed by atoms with E-state index in [0.717, 1.165) is 19.4 Å². The molecule has 1 aliphatic rings. The van der Waals surface area contributed by atoms with E-state index in [4.69, 9.17) is 0 Å². The lowest BCUT2D eigenvalue weighted by atomic mass is 10.1. The number of carbonyl (C=O) groups excluding carboxylic acids is 1. The van der Waals surface area contributed by atoms with Crippen molar-refractivity contribution in [3.8, 4) is 0 Å². The lowest BCUT2D eigenvalue weighted by molar-refractivity contribution is -0.121. The Morgan fingerprint density at radius 1 is 1.36 bits per heavy atom. The predicted octanol–water partition coefficient (Wildman–Crippen LogP) is 0.551. The Morgan fingerprint density at radius 3 is 2.73 bits per heavy atom. The molecule has 1 saturated heterocycles. The summed E-state index contributed by atoms with van der Waals surface area (Å²) < 4.78 is 0. The maximum atomic E-state index is 11.6. The summed E-state index contributed by atoms with van der Waals surface area (Å²) in [6.45, 7) is 0.704. The van der Waals surface area contributed by atoms with Crippen molar-refractivity contribution in [3.05, 3.63) is 35.9 Å². The smallest absolute Gasteiger partial charge is 0.221 e. The summed E-state index contributed by atoms with van der Waals surface area (Å²) in [6, 6.07) is 10.0. The van der Waals surface area contributed by atoms with Crippen molar-refractivity contribution < 1.29 is 15.0 Å². The van der Waals surface area contributed by atoms with Crippen LogP contribution >= 0.6 is 0 Å². The number of hydrogen-bond donors (Lipinski definition) is 3. The van der Waals surface area contributed by atoms with Gasteiger partial charge in [-0.05, 0) is 31.4 Å². The number of carbonyl (C=O) groups is 1. The number of nitrogens with zero attached hydrogens (tertiary/aromatic N) is 1. The molecule has 122 valence electrons. The average Bonchev–Trinajstić information content (AvgIpc) is 2.83. The van der Waals surface area contributed by atoms with Crippen LogP contribution in [-0.4, -0.2) is 59.4 Å². The minimum atomic E-state index is -0.559. The zero-order chi connectivity index (χ0) is 15.9. The molecule has 0 saturated carbocycles. The fraction of sp³-hybridized carbons (Fsp3) is 0.588. The van der Waals surface area contributed by atoms with Gasteiger partial charge in [-0.25, -0.2) is 0 Å². The number of hydrogen-bond acceptors (Lipinski definition) is 4. The summed E-state index contributed by atoms with van der Waals surface area (Å²) in [7, 11) is 1.62. The molecular formula is C17H26N2O3. The summed E-state index contributed by atoms with van der Waals surface area (Å²) in [5.41, 5.74) is 1.28. The molecule has 1 fully saturated rings. The van der Waals surface area contributed by atoms with Gasteiger partial charge < -0.3 is 15.5 Å². The van der Waals surface area contributed by atoms with Crippen LogP contribution in [-0.2, 0) is 11.2 Å². The van der Waals surface area contributed by atoms with E-state index >= 15 is 0 Å². The van der Waals surface area contributed by atoms with E-state index < -0.39 is 6.10 Å². The second-order valence-electron chi connectivity index (χ2n) is 5.91. The number of aliphatic hydroxyl groups excluding tert-OH is 2. The second-order valence-corrected chi connectivity index (χ2v) is 5.91. The Bertz CT molecular complexity index is 466. The molecule has 1 amide bonds. The lowest BCUT2D eigenvalue weighted by Gasteiger charge is -2.29. The molecule has 0 aromatic heterocycles. The quantitative estimate of drug-likeness (QED) is 0.688. The van der Waals surface area contributed by atoms with Gasteiger partial charge in [-0.15, -0.1) is 0 Å². The van der Waals surface area contributed by atoms with Crippen LogP contribution in [0.1, 0.15) is 24.8 Å². The Kier molecular flexibility index (Phi) is 6.36. The van der Waals surface area contributed by atoms with Crippen LogP contribution in [0.5, 0.6) is 0 Å². The number of aryl methyl sites for hydroxylation is 1. The number of aliphatic hydroxyl groups is 2. The van der Waals surface area contributed by atoms with Gasteiger partial charge in [0.1, 0.15) is 0 Å². The number of amides is 1. The van der Waals surface area contributed by atoms with E-state index in [0.29, 0.717) is 12.8 Å². The fourth-order valence-corrected chi connectivity index (χ4v) is 3.27. The highest BCUT2D eigenvalue weighted by Gasteiger charge is 2.40. The van der Waals surface area contributed by atoms with Crippen LogP contribution in [0.15, 0.2) is 30.3 Å². The topological polar surface area (TPSA) is 72.8 Å². The van der Waals surface area contributed by atoms with E-state index in [2.05, 4.69) is 22.3 Å². The lowest BCUT2D eigenvalue weighted by Crippen LogP contribution is -2.43. The summed E-state index contributed by atoms with van der Waals surface area (Å²) in [6.07, 6.45) is 2.26. The van der Waals surface area contributed by atoms with Crippen LogP contribution in [0.25, 0.3) is 0 Å². The van der Waals surface area contributed by atoms with Gasteiger partial charge in [0, 0.05) is 19.5 Å². The summed E-state index contributed by atoms with van der Waals surface area (Å²) in [4.78, 5) is 13.7. The molecule has 1 heterocycles. The maximum Gasteiger partial charge on any atom is 0.221 e. The fourth-order valence-electron chi connectivity index (χ4n) is 3.27. The van der Waals surface area contributed by atoms with Crippen molar-refractivity contribution in [2.24, 2.45) is 0 Å². The molecule has 0 bridgehead atoms. The molecule has 3 atom stereocenters. The van der Waals surface area contributed by atoms with Gasteiger partial charge in [-0.1, -0.05) is 30.3 Å². The molecule has 0 aliphatic carbocycles. The minimum Gasteiger partial charge on any atom is -0.395 e. The third kappa shape index (κ3) is 4.29. The highest BCUT2D eigenvalue weighted by Crippen LogP contribution is 2.27. The van der Waals surface area contributed by atoms with Gasteiger partial charge in [-0.2, -0.15) is 0 Å². The zero-order valence-corrected chi connectivity index (χ0v) is 13.1. The van der Waals surface area contributed by atoms with Crippen molar-refractivity contribution >= 4 is 5.91 Å². The molecular weight excluding hydrogens is 280 g/mol. The summed E-state index contributed by atoms with van der Waals surface area (Å²) >= 11 is 0. The van der Waals surface area contributed by atoms with Crippen LogP contribution in [0.4, 0.5) is 0 Å². The minimum absolute atomic E-state index is 0.00266. The summed E-state index contributed by atoms with van der Waals surface area (Å²) in [5.74, 6) is -0.0242. The third-order valence-electron chi connectivity index (χ3n) is 4.46. The normalized spacial score (nSPS) is 25.3. The first-order valence-corrected chi connectivity index (χ1v) is 7.95. The molecule has 1 aromatic rings. The molecule has 0 radical (unpaired) electrons. The largest absolute Gasteiger partial charge is 0.395 e. The van der Waals surface area contributed by atoms with E-state index in [9.17, 15) is 15.0 Å². The van der Waals surface area contributed by atoms with Crippen molar-refractivity contribution in [2.75, 3.05) is 20.2 Å². The van der Waals surface area contributed by atoms with Gasteiger partial charge in [0.25, 0.3) is 0 Å². The van der Waals surface area contributed by atoms with E-state index in [1.165, 1.54) is 5.56 Å². The Labute approximate surface area is 131 Å². The first kappa shape index (κ1) is 16.9. The van der Waals surface area contributed by atoms with Gasteiger partial charge in [0.15, 0.2) is 0 Å². The van der Waals surface area contributed by atoms with Gasteiger partial charge >= 0.3 is 0 Å². The molecule has 22 heavy (non-hydrogen) atoms. The monoisotopic (exact) mass is 306 g/mol. The Morgan fingerprint density at radius 2 is 2.09 bits per heavy atom. The van der Waals surface area contributed by atoms with Crippen molar-refractivity contribution in [1.82, 2.24) is 10.2 Å². The van der Waals surface area contributed by atoms with Gasteiger partial charge in [0.2, 0.25) is 5.91 Å². The Balaban J connectivity index is 1.92. The molecule has 1 aromatic carbocycles. The first-order valence-electron chi connectivity index (χ1n) is 7.95. The molecule has 1 aliphatic heterocycles. The SMILES string of the molecule is CNC(=O)C[C@@H]1C[C@H](O)C(CO)N1CCCc1ccccc1. The molecule has 0 spiro atoms. The maximum absolute atomic E-state index is 11.6. The molecule has 3 N–H and O–H groups in total. The van der Waals surface area contributed by atoms with Crippen molar-refractivity contribution in [1.29, 1.82) is 0 Å². The standard InChI is InChI=1S/C17H26N2O3/c1-18-17(22)11-14-10-16(21)15(12-20)19(14)9-5-8-13-6-3-2-4-7-13/h2-4,6-7,14-16,20-21H,5,8-12H2,1H3,(H,18,22)/t14-,15?,16-/m0/s1. The van der Waals surface area contributed by atoms with E-state index in [1.807, 2.05) is 18.2 Å². The number of nitrogens with one attached hydrogen (secondary N) is 1. The Hall–Kier alpha value is -1.43. The zero-order valence-electron chi connectivity index (χ0n) is 13.1. The molecule has 5 nitrogen and oxygen atoms in total. The number of rotatable bonds is 7. The highest BCUT2D eigenvalue weighted by atomic mass is 16.3. The van der Waals surface area contributed by atoms with E-state index in [1.54, 1.807) is 7.05 Å². The number of likely N-dealkylation sites (tertiary alicyclic amines) is 1.